The van der Waals surface area contributed by atoms with Crippen LogP contribution in [0.5, 0.6) is 5.75 Å². The number of alkyl halides is 3. The van der Waals surface area contributed by atoms with Gasteiger partial charge in [-0.05, 0) is 17.9 Å². The summed E-state index contributed by atoms with van der Waals surface area (Å²) in [6.45, 7) is 5.72. The third-order valence-corrected chi connectivity index (χ3v) is 3.09. The molecular weight excluding hydrogens is 307 g/mol. The Balaban J connectivity index is 0.00000400. The van der Waals surface area contributed by atoms with Gasteiger partial charge in [-0.3, -0.25) is 0 Å². The lowest BCUT2D eigenvalue weighted by Crippen LogP contribution is -2.36. The number of halogens is 4. The van der Waals surface area contributed by atoms with Gasteiger partial charge in [0.1, 0.15) is 5.75 Å². The summed E-state index contributed by atoms with van der Waals surface area (Å²) in [6, 6.07) is 5.19. The minimum absolute atomic E-state index is 0. The van der Waals surface area contributed by atoms with Gasteiger partial charge in [0.2, 0.25) is 0 Å². The molecule has 0 saturated heterocycles. The maximum absolute atomic E-state index is 12.3. The van der Waals surface area contributed by atoms with Crippen molar-refractivity contribution in [2.75, 3.05) is 0 Å². The normalized spacial score (nSPS) is 15.0. The molecule has 0 heterocycles. The summed E-state index contributed by atoms with van der Waals surface area (Å²) in [4.78, 5) is 0. The third kappa shape index (κ3) is 6.54. The molecule has 0 fully saturated rings. The highest BCUT2D eigenvalue weighted by Gasteiger charge is 2.33. The first-order valence-electron chi connectivity index (χ1n) is 6.29. The Labute approximate surface area is 128 Å². The molecular formula is C14H21ClF3NO2. The molecule has 0 aromatic heterocycles. The SMILES string of the molecule is CC(C)(C)[C@H](N)C[C@@H](O)c1ccccc1OC(F)(F)F.Cl. The highest BCUT2D eigenvalue weighted by atomic mass is 35.5. The van der Waals surface area contributed by atoms with Crippen molar-refractivity contribution in [3.05, 3.63) is 29.8 Å². The molecule has 0 aliphatic carbocycles. The second-order valence-corrected chi connectivity index (χ2v) is 5.81. The fraction of sp³-hybridized carbons (Fsp3) is 0.571. The van der Waals surface area contributed by atoms with E-state index in [1.165, 1.54) is 18.2 Å². The van der Waals surface area contributed by atoms with E-state index in [0.29, 0.717) is 0 Å². The van der Waals surface area contributed by atoms with Crippen LogP contribution in [0.15, 0.2) is 24.3 Å². The van der Waals surface area contributed by atoms with E-state index < -0.39 is 18.2 Å². The first-order valence-corrected chi connectivity index (χ1v) is 6.29. The van der Waals surface area contributed by atoms with E-state index in [2.05, 4.69) is 4.74 Å². The lowest BCUT2D eigenvalue weighted by Gasteiger charge is -2.29. The van der Waals surface area contributed by atoms with Crippen LogP contribution in [0.25, 0.3) is 0 Å². The highest BCUT2D eigenvalue weighted by molar-refractivity contribution is 5.85. The Kier molecular flexibility index (Phi) is 6.99. The van der Waals surface area contributed by atoms with Crippen LogP contribution < -0.4 is 10.5 Å². The molecule has 1 rings (SSSR count). The number of benzene rings is 1. The van der Waals surface area contributed by atoms with Gasteiger partial charge in [0.05, 0.1) is 6.10 Å². The Hall–Kier alpha value is -0.980. The van der Waals surface area contributed by atoms with Gasteiger partial charge in [-0.25, -0.2) is 0 Å². The average Bonchev–Trinajstić information content (AvgIpc) is 2.25. The third-order valence-electron chi connectivity index (χ3n) is 3.09. The largest absolute Gasteiger partial charge is 0.573 e. The number of nitrogens with two attached hydrogens (primary N) is 1. The molecule has 3 nitrogen and oxygen atoms in total. The van der Waals surface area contributed by atoms with Crippen molar-refractivity contribution in [1.29, 1.82) is 0 Å². The number of hydrogen-bond donors (Lipinski definition) is 2. The first-order chi connectivity index (χ1) is 9.00. The van der Waals surface area contributed by atoms with Gasteiger partial charge in [-0.2, -0.15) is 0 Å². The lowest BCUT2D eigenvalue weighted by molar-refractivity contribution is -0.275. The van der Waals surface area contributed by atoms with E-state index in [4.69, 9.17) is 5.73 Å². The number of para-hydroxylation sites is 1. The molecule has 0 aliphatic heterocycles. The van der Waals surface area contributed by atoms with Crippen LogP contribution in [0.3, 0.4) is 0 Å². The summed E-state index contributed by atoms with van der Waals surface area (Å²) in [5.41, 5.74) is 5.78. The van der Waals surface area contributed by atoms with Crippen LogP contribution in [-0.4, -0.2) is 17.5 Å². The molecule has 0 radical (unpaired) electrons. The Morgan fingerprint density at radius 1 is 1.19 bits per heavy atom. The second-order valence-electron chi connectivity index (χ2n) is 5.81. The topological polar surface area (TPSA) is 55.5 Å². The zero-order valence-corrected chi connectivity index (χ0v) is 13.0. The van der Waals surface area contributed by atoms with Crippen LogP contribution in [0.1, 0.15) is 38.9 Å². The predicted octanol–water partition coefficient (Wildman–Crippen LogP) is 3.80. The molecule has 0 amide bonds. The van der Waals surface area contributed by atoms with Crippen LogP contribution in [0.2, 0.25) is 0 Å². The summed E-state index contributed by atoms with van der Waals surface area (Å²) in [5.74, 6) is -0.395. The van der Waals surface area contributed by atoms with E-state index in [1.54, 1.807) is 6.07 Å². The van der Waals surface area contributed by atoms with E-state index in [-0.39, 0.29) is 35.8 Å². The van der Waals surface area contributed by atoms with Crippen molar-refractivity contribution in [3.63, 3.8) is 0 Å². The van der Waals surface area contributed by atoms with Crippen molar-refractivity contribution in [3.8, 4) is 5.75 Å². The van der Waals surface area contributed by atoms with Gasteiger partial charge in [-0.1, -0.05) is 39.0 Å². The van der Waals surface area contributed by atoms with Gasteiger partial charge >= 0.3 is 6.36 Å². The smallest absolute Gasteiger partial charge is 0.405 e. The molecule has 0 aliphatic rings. The number of aliphatic hydroxyl groups excluding tert-OH is 1. The Bertz CT molecular complexity index is 447. The number of ether oxygens (including phenoxy) is 1. The Morgan fingerprint density at radius 3 is 2.19 bits per heavy atom. The quantitative estimate of drug-likeness (QED) is 0.884. The summed E-state index contributed by atoms with van der Waals surface area (Å²) in [7, 11) is 0. The molecule has 2 atom stereocenters. The fourth-order valence-corrected chi connectivity index (χ4v) is 1.69. The fourth-order valence-electron chi connectivity index (χ4n) is 1.69. The van der Waals surface area contributed by atoms with Crippen molar-refractivity contribution >= 4 is 12.4 Å². The molecule has 7 heteroatoms. The van der Waals surface area contributed by atoms with E-state index in [0.717, 1.165) is 0 Å². The highest BCUT2D eigenvalue weighted by Crippen LogP contribution is 2.34. The second kappa shape index (κ2) is 7.33. The molecule has 1 aromatic rings. The minimum atomic E-state index is -4.79. The van der Waals surface area contributed by atoms with Crippen LogP contribution >= 0.6 is 12.4 Å². The van der Waals surface area contributed by atoms with E-state index in [9.17, 15) is 18.3 Å². The first kappa shape index (κ1) is 20.0. The predicted molar refractivity (Wildman–Crippen MR) is 77.4 cm³/mol. The van der Waals surface area contributed by atoms with Gasteiger partial charge < -0.3 is 15.6 Å². The van der Waals surface area contributed by atoms with Crippen LogP contribution in [0.4, 0.5) is 13.2 Å². The molecule has 0 unspecified atom stereocenters. The van der Waals surface area contributed by atoms with Gasteiger partial charge in [0, 0.05) is 11.6 Å². The van der Waals surface area contributed by atoms with Crippen molar-refractivity contribution in [2.24, 2.45) is 11.1 Å². The maximum atomic E-state index is 12.3. The molecule has 21 heavy (non-hydrogen) atoms. The standard InChI is InChI=1S/C14H20F3NO2.ClH/c1-13(2,3)12(18)8-10(19)9-6-4-5-7-11(9)20-14(15,16)17;/h4-7,10,12,19H,8,18H2,1-3H3;1H/t10-,12-;/m1./s1. The van der Waals surface area contributed by atoms with Crippen molar-refractivity contribution in [2.45, 2.75) is 45.7 Å². The van der Waals surface area contributed by atoms with Gasteiger partial charge in [0.25, 0.3) is 0 Å². The zero-order chi connectivity index (χ0) is 15.6. The molecule has 3 N–H and O–H groups in total. The van der Waals surface area contributed by atoms with E-state index >= 15 is 0 Å². The maximum Gasteiger partial charge on any atom is 0.573 e. The molecule has 122 valence electrons. The van der Waals surface area contributed by atoms with E-state index in [1.807, 2.05) is 20.8 Å². The molecule has 0 bridgehead atoms. The number of rotatable bonds is 4. The Morgan fingerprint density at radius 2 is 1.71 bits per heavy atom. The monoisotopic (exact) mass is 327 g/mol. The number of aliphatic hydroxyl groups is 1. The van der Waals surface area contributed by atoms with Gasteiger partial charge in [-0.15, -0.1) is 25.6 Å². The van der Waals surface area contributed by atoms with Crippen molar-refractivity contribution in [1.82, 2.24) is 0 Å². The molecule has 1 aromatic carbocycles. The van der Waals surface area contributed by atoms with Gasteiger partial charge in [0.15, 0.2) is 0 Å². The lowest BCUT2D eigenvalue weighted by atomic mass is 9.83. The number of hydrogen-bond acceptors (Lipinski definition) is 3. The molecule has 0 spiro atoms. The summed E-state index contributed by atoms with van der Waals surface area (Å²) in [6.07, 6.45) is -5.74. The zero-order valence-electron chi connectivity index (χ0n) is 12.1. The van der Waals surface area contributed by atoms with Crippen molar-refractivity contribution < 1.29 is 23.0 Å². The summed E-state index contributed by atoms with van der Waals surface area (Å²) >= 11 is 0. The summed E-state index contributed by atoms with van der Waals surface area (Å²) in [5, 5.41) is 10.1. The summed E-state index contributed by atoms with van der Waals surface area (Å²) < 4.78 is 40.8. The van der Waals surface area contributed by atoms with Crippen LogP contribution in [0, 0.1) is 5.41 Å². The average molecular weight is 328 g/mol. The molecule has 0 saturated carbocycles. The van der Waals surface area contributed by atoms with Crippen LogP contribution in [-0.2, 0) is 0 Å². The minimum Gasteiger partial charge on any atom is -0.405 e.